The van der Waals surface area contributed by atoms with Crippen molar-refractivity contribution in [2.45, 2.75) is 23.9 Å². The molecule has 2 aromatic carbocycles. The molecule has 1 fully saturated rings. The maximum Gasteiger partial charge on any atom is 0.416 e. The van der Waals surface area contributed by atoms with Crippen molar-refractivity contribution >= 4 is 33.2 Å². The SMILES string of the molecule is O=C(COc1ccc(S(=O)(=O)N2CCCC2)cc1)Nc1cc(C(F)(F)F)ccc1Cl. The number of amides is 1. The van der Waals surface area contributed by atoms with Crippen molar-refractivity contribution in [2.75, 3.05) is 25.0 Å². The summed E-state index contributed by atoms with van der Waals surface area (Å²) in [5, 5.41) is 2.22. The van der Waals surface area contributed by atoms with Crippen LogP contribution in [0.15, 0.2) is 47.4 Å². The number of alkyl halides is 3. The molecule has 3 rings (SSSR count). The summed E-state index contributed by atoms with van der Waals surface area (Å²) in [7, 11) is -3.56. The Balaban J connectivity index is 1.60. The molecule has 11 heteroatoms. The Kier molecular flexibility index (Phi) is 6.59. The lowest BCUT2D eigenvalue weighted by Gasteiger charge is -2.15. The fourth-order valence-electron chi connectivity index (χ4n) is 2.92. The predicted molar refractivity (Wildman–Crippen MR) is 105 cm³/mol. The number of ether oxygens (including phenoxy) is 1. The van der Waals surface area contributed by atoms with E-state index in [1.807, 2.05) is 0 Å². The van der Waals surface area contributed by atoms with Gasteiger partial charge in [-0.15, -0.1) is 0 Å². The van der Waals surface area contributed by atoms with Crippen LogP contribution >= 0.6 is 11.6 Å². The number of sulfonamides is 1. The minimum atomic E-state index is -4.57. The molecule has 0 bridgehead atoms. The van der Waals surface area contributed by atoms with Crippen molar-refractivity contribution in [3.63, 3.8) is 0 Å². The summed E-state index contributed by atoms with van der Waals surface area (Å²) >= 11 is 5.84. The maximum absolute atomic E-state index is 12.8. The minimum Gasteiger partial charge on any atom is -0.484 e. The van der Waals surface area contributed by atoms with Gasteiger partial charge in [-0.05, 0) is 55.3 Å². The first-order chi connectivity index (χ1) is 14.1. The standard InChI is InChI=1S/C19H18ClF3N2O4S/c20-16-8-3-13(19(21,22)23)11-17(16)24-18(26)12-29-14-4-6-15(7-5-14)30(27,28)25-9-1-2-10-25/h3-8,11H,1-2,9-10,12H2,(H,24,26). The first-order valence-corrected chi connectivity index (χ1v) is 10.8. The number of halogens is 4. The van der Waals surface area contributed by atoms with E-state index in [9.17, 15) is 26.4 Å². The fourth-order valence-corrected chi connectivity index (χ4v) is 4.60. The van der Waals surface area contributed by atoms with Crippen molar-refractivity contribution in [1.29, 1.82) is 0 Å². The Morgan fingerprint density at radius 2 is 1.73 bits per heavy atom. The summed E-state index contributed by atoms with van der Waals surface area (Å²) in [6.07, 6.45) is -2.92. The fraction of sp³-hybridized carbons (Fsp3) is 0.316. The van der Waals surface area contributed by atoms with Gasteiger partial charge in [0.15, 0.2) is 6.61 Å². The van der Waals surface area contributed by atoms with Crippen molar-refractivity contribution in [3.05, 3.63) is 53.1 Å². The van der Waals surface area contributed by atoms with Gasteiger partial charge in [0.25, 0.3) is 5.91 Å². The lowest BCUT2D eigenvalue weighted by atomic mass is 10.2. The molecule has 0 spiro atoms. The molecular formula is C19H18ClF3N2O4S. The number of benzene rings is 2. The quantitative estimate of drug-likeness (QED) is 0.699. The Morgan fingerprint density at radius 3 is 2.33 bits per heavy atom. The lowest BCUT2D eigenvalue weighted by Crippen LogP contribution is -2.27. The van der Waals surface area contributed by atoms with E-state index in [4.69, 9.17) is 16.3 Å². The molecule has 1 heterocycles. The molecule has 1 aliphatic rings. The zero-order valence-corrected chi connectivity index (χ0v) is 17.1. The van der Waals surface area contributed by atoms with Gasteiger partial charge in [-0.1, -0.05) is 11.6 Å². The zero-order chi connectivity index (χ0) is 21.9. The van der Waals surface area contributed by atoms with E-state index in [2.05, 4.69) is 5.32 Å². The third kappa shape index (κ3) is 5.24. The van der Waals surface area contributed by atoms with Gasteiger partial charge in [-0.25, -0.2) is 8.42 Å². The molecule has 0 aromatic heterocycles. The van der Waals surface area contributed by atoms with E-state index in [1.54, 1.807) is 0 Å². The summed E-state index contributed by atoms with van der Waals surface area (Å²) < 4.78 is 70.0. The minimum absolute atomic E-state index is 0.0483. The van der Waals surface area contributed by atoms with Crippen molar-refractivity contribution in [1.82, 2.24) is 4.31 Å². The van der Waals surface area contributed by atoms with Crippen molar-refractivity contribution < 1.29 is 31.1 Å². The van der Waals surface area contributed by atoms with E-state index in [0.717, 1.165) is 31.0 Å². The van der Waals surface area contributed by atoms with Crippen LogP contribution in [-0.2, 0) is 21.0 Å². The summed E-state index contributed by atoms with van der Waals surface area (Å²) in [6.45, 7) is 0.475. The van der Waals surface area contributed by atoms with Crippen LogP contribution in [0.4, 0.5) is 18.9 Å². The number of nitrogens with one attached hydrogen (secondary N) is 1. The second-order valence-electron chi connectivity index (χ2n) is 6.61. The van der Waals surface area contributed by atoms with E-state index in [-0.39, 0.29) is 21.4 Å². The van der Waals surface area contributed by atoms with Crippen LogP contribution in [0.2, 0.25) is 5.02 Å². The second kappa shape index (κ2) is 8.83. The number of carbonyl (C=O) groups excluding carboxylic acids is 1. The molecule has 30 heavy (non-hydrogen) atoms. The van der Waals surface area contributed by atoms with Gasteiger partial charge in [0.2, 0.25) is 10.0 Å². The normalized spacial score (nSPS) is 15.2. The van der Waals surface area contributed by atoms with E-state index in [1.165, 1.54) is 28.6 Å². The van der Waals surface area contributed by atoms with Crippen LogP contribution < -0.4 is 10.1 Å². The number of carbonyl (C=O) groups is 1. The van der Waals surface area contributed by atoms with E-state index < -0.39 is 34.3 Å². The molecule has 162 valence electrons. The van der Waals surface area contributed by atoms with Crippen LogP contribution in [0.5, 0.6) is 5.75 Å². The molecule has 0 radical (unpaired) electrons. The smallest absolute Gasteiger partial charge is 0.416 e. The highest BCUT2D eigenvalue weighted by atomic mass is 35.5. The Hall–Kier alpha value is -2.30. The monoisotopic (exact) mass is 462 g/mol. The molecule has 0 atom stereocenters. The third-order valence-corrected chi connectivity index (χ3v) is 6.71. The first kappa shape index (κ1) is 22.4. The van der Waals surface area contributed by atoms with Gasteiger partial charge in [-0.3, -0.25) is 4.79 Å². The van der Waals surface area contributed by atoms with Crippen molar-refractivity contribution in [2.24, 2.45) is 0 Å². The summed E-state index contributed by atoms with van der Waals surface area (Å²) in [4.78, 5) is 12.1. The second-order valence-corrected chi connectivity index (χ2v) is 8.96. The lowest BCUT2D eigenvalue weighted by molar-refractivity contribution is -0.137. The highest BCUT2D eigenvalue weighted by Gasteiger charge is 2.31. The maximum atomic E-state index is 12.8. The molecule has 1 amide bonds. The number of hydrogen-bond donors (Lipinski definition) is 1. The molecule has 1 aliphatic heterocycles. The third-order valence-electron chi connectivity index (χ3n) is 4.46. The van der Waals surface area contributed by atoms with Gasteiger partial charge in [0.05, 0.1) is 21.2 Å². The molecular weight excluding hydrogens is 445 g/mol. The first-order valence-electron chi connectivity index (χ1n) is 8.97. The van der Waals surface area contributed by atoms with Gasteiger partial charge >= 0.3 is 6.18 Å². The van der Waals surface area contributed by atoms with Gasteiger partial charge in [-0.2, -0.15) is 17.5 Å². The van der Waals surface area contributed by atoms with Gasteiger partial charge in [0.1, 0.15) is 5.75 Å². The molecule has 0 saturated carbocycles. The molecule has 6 nitrogen and oxygen atoms in total. The highest BCUT2D eigenvalue weighted by molar-refractivity contribution is 7.89. The van der Waals surface area contributed by atoms with Crippen LogP contribution in [0.3, 0.4) is 0 Å². The Bertz CT molecular complexity index is 1020. The summed E-state index contributed by atoms with van der Waals surface area (Å²) in [6, 6.07) is 8.17. The molecule has 1 saturated heterocycles. The van der Waals surface area contributed by atoms with Crippen LogP contribution in [0.25, 0.3) is 0 Å². The van der Waals surface area contributed by atoms with Crippen LogP contribution in [-0.4, -0.2) is 38.3 Å². The molecule has 0 aliphatic carbocycles. The average molecular weight is 463 g/mol. The number of anilines is 1. The summed E-state index contributed by atoms with van der Waals surface area (Å²) in [5.74, 6) is -0.481. The largest absolute Gasteiger partial charge is 0.484 e. The van der Waals surface area contributed by atoms with Crippen LogP contribution in [0, 0.1) is 0 Å². The predicted octanol–water partition coefficient (Wildman–Crippen LogP) is 4.16. The molecule has 0 unspecified atom stereocenters. The van der Waals surface area contributed by atoms with Crippen LogP contribution in [0.1, 0.15) is 18.4 Å². The zero-order valence-electron chi connectivity index (χ0n) is 15.6. The number of nitrogens with zero attached hydrogens (tertiary/aromatic N) is 1. The molecule has 1 N–H and O–H groups in total. The van der Waals surface area contributed by atoms with Crippen molar-refractivity contribution in [3.8, 4) is 5.75 Å². The van der Waals surface area contributed by atoms with E-state index >= 15 is 0 Å². The number of rotatable bonds is 6. The summed E-state index contributed by atoms with van der Waals surface area (Å²) in [5.41, 5.74) is -1.13. The highest BCUT2D eigenvalue weighted by Crippen LogP contribution is 2.33. The van der Waals surface area contributed by atoms with Gasteiger partial charge < -0.3 is 10.1 Å². The van der Waals surface area contributed by atoms with Gasteiger partial charge in [0, 0.05) is 13.1 Å². The van der Waals surface area contributed by atoms with E-state index in [0.29, 0.717) is 13.1 Å². The topological polar surface area (TPSA) is 75.7 Å². The number of hydrogen-bond acceptors (Lipinski definition) is 4. The Labute approximate surface area is 176 Å². The Morgan fingerprint density at radius 1 is 1.10 bits per heavy atom. The molecule has 2 aromatic rings. The average Bonchev–Trinajstić information content (AvgIpc) is 3.23.